The van der Waals surface area contributed by atoms with Crippen molar-refractivity contribution in [2.45, 2.75) is 51.6 Å². The van der Waals surface area contributed by atoms with E-state index in [0.717, 1.165) is 25.7 Å². The van der Waals surface area contributed by atoms with Gasteiger partial charge in [0.15, 0.2) is 0 Å². The van der Waals surface area contributed by atoms with E-state index in [1.807, 2.05) is 0 Å². The molecule has 1 rings (SSSR count). The van der Waals surface area contributed by atoms with E-state index in [2.05, 4.69) is 5.32 Å². The lowest BCUT2D eigenvalue weighted by atomic mass is 9.96. The standard InChI is InChI=1S/C13H22N2O4/c1-8(13(18)19)15(3)12(17)11(14-9(2)16)10-6-4-5-7-10/h8,10-11H,4-7H2,1-3H3,(H,14,16)(H,18,19). The number of hydrogen-bond acceptors (Lipinski definition) is 3. The Morgan fingerprint density at radius 1 is 1.26 bits per heavy atom. The first-order valence-corrected chi connectivity index (χ1v) is 6.61. The summed E-state index contributed by atoms with van der Waals surface area (Å²) in [6.45, 7) is 2.83. The Balaban J connectivity index is 2.81. The molecule has 0 aromatic heterocycles. The average Bonchev–Trinajstić information content (AvgIpc) is 2.86. The first-order chi connectivity index (χ1) is 8.84. The molecule has 0 aliphatic heterocycles. The number of likely N-dealkylation sites (N-methyl/N-ethyl adjacent to an activating group) is 1. The number of carboxylic acid groups (broad SMARTS) is 1. The van der Waals surface area contributed by atoms with Crippen LogP contribution in [0.25, 0.3) is 0 Å². The van der Waals surface area contributed by atoms with Gasteiger partial charge in [0, 0.05) is 14.0 Å². The van der Waals surface area contributed by atoms with Crippen LogP contribution in [0.3, 0.4) is 0 Å². The first-order valence-electron chi connectivity index (χ1n) is 6.61. The Morgan fingerprint density at radius 3 is 2.21 bits per heavy atom. The Hall–Kier alpha value is -1.59. The van der Waals surface area contributed by atoms with Crippen molar-refractivity contribution in [3.8, 4) is 0 Å². The van der Waals surface area contributed by atoms with E-state index in [4.69, 9.17) is 5.11 Å². The summed E-state index contributed by atoms with van der Waals surface area (Å²) in [7, 11) is 1.46. The number of rotatable bonds is 5. The average molecular weight is 270 g/mol. The van der Waals surface area contributed by atoms with Gasteiger partial charge in [0.2, 0.25) is 11.8 Å². The number of carboxylic acids is 1. The number of aliphatic carboxylic acids is 1. The molecule has 2 amide bonds. The highest BCUT2D eigenvalue weighted by Crippen LogP contribution is 2.28. The highest BCUT2D eigenvalue weighted by atomic mass is 16.4. The molecule has 0 aromatic rings. The SMILES string of the molecule is CC(=O)NC(C(=O)N(C)C(C)C(=O)O)C1CCCC1. The van der Waals surface area contributed by atoms with E-state index in [-0.39, 0.29) is 17.7 Å². The lowest BCUT2D eigenvalue weighted by Gasteiger charge is -2.30. The van der Waals surface area contributed by atoms with Gasteiger partial charge >= 0.3 is 5.97 Å². The molecular weight excluding hydrogens is 248 g/mol. The Bertz CT molecular complexity index is 364. The van der Waals surface area contributed by atoms with Crippen LogP contribution in [0.1, 0.15) is 39.5 Å². The third-order valence-corrected chi connectivity index (χ3v) is 3.78. The minimum atomic E-state index is -1.05. The van der Waals surface area contributed by atoms with Crippen LogP contribution >= 0.6 is 0 Å². The molecule has 1 aliphatic carbocycles. The fourth-order valence-electron chi connectivity index (χ4n) is 2.47. The first kappa shape index (κ1) is 15.5. The van der Waals surface area contributed by atoms with Gasteiger partial charge < -0.3 is 15.3 Å². The molecule has 0 spiro atoms. The van der Waals surface area contributed by atoms with Crippen LogP contribution in [-0.4, -0.2) is 46.9 Å². The summed E-state index contributed by atoms with van der Waals surface area (Å²) in [5.74, 6) is -1.53. The van der Waals surface area contributed by atoms with Crippen LogP contribution in [0, 0.1) is 5.92 Å². The summed E-state index contributed by atoms with van der Waals surface area (Å²) in [4.78, 5) is 35.7. The molecule has 6 nitrogen and oxygen atoms in total. The van der Waals surface area contributed by atoms with Gasteiger partial charge in [0.05, 0.1) is 0 Å². The second-order valence-electron chi connectivity index (χ2n) is 5.19. The zero-order valence-electron chi connectivity index (χ0n) is 11.7. The molecule has 0 aromatic carbocycles. The van der Waals surface area contributed by atoms with Gasteiger partial charge in [-0.2, -0.15) is 0 Å². The van der Waals surface area contributed by atoms with Crippen molar-refractivity contribution in [1.29, 1.82) is 0 Å². The highest BCUT2D eigenvalue weighted by Gasteiger charge is 2.35. The lowest BCUT2D eigenvalue weighted by molar-refractivity contribution is -0.150. The van der Waals surface area contributed by atoms with Crippen molar-refractivity contribution in [1.82, 2.24) is 10.2 Å². The molecule has 2 N–H and O–H groups in total. The zero-order chi connectivity index (χ0) is 14.6. The molecule has 1 fully saturated rings. The minimum absolute atomic E-state index is 0.111. The summed E-state index contributed by atoms with van der Waals surface area (Å²) in [5, 5.41) is 11.6. The zero-order valence-corrected chi connectivity index (χ0v) is 11.7. The van der Waals surface area contributed by atoms with Gasteiger partial charge in [-0.15, -0.1) is 0 Å². The van der Waals surface area contributed by atoms with Gasteiger partial charge in [-0.1, -0.05) is 12.8 Å². The predicted octanol–water partition coefficient (Wildman–Crippen LogP) is 0.613. The second-order valence-corrected chi connectivity index (χ2v) is 5.19. The van der Waals surface area contributed by atoms with Crippen molar-refractivity contribution in [2.24, 2.45) is 5.92 Å². The second kappa shape index (κ2) is 6.54. The summed E-state index contributed by atoms with van der Waals surface area (Å²) in [6.07, 6.45) is 3.89. The van der Waals surface area contributed by atoms with Crippen LogP contribution < -0.4 is 5.32 Å². The number of carbonyl (C=O) groups excluding carboxylic acids is 2. The van der Waals surface area contributed by atoms with Crippen LogP contribution in [0.4, 0.5) is 0 Å². The van der Waals surface area contributed by atoms with Crippen LogP contribution in [-0.2, 0) is 14.4 Å². The Kier molecular flexibility index (Phi) is 5.32. The van der Waals surface area contributed by atoms with E-state index < -0.39 is 18.1 Å². The quantitative estimate of drug-likeness (QED) is 0.766. The Morgan fingerprint density at radius 2 is 1.79 bits per heavy atom. The fourth-order valence-corrected chi connectivity index (χ4v) is 2.47. The summed E-state index contributed by atoms with van der Waals surface area (Å²) in [5.41, 5.74) is 0. The third-order valence-electron chi connectivity index (χ3n) is 3.78. The maximum atomic E-state index is 12.4. The molecule has 0 heterocycles. The molecule has 19 heavy (non-hydrogen) atoms. The van der Waals surface area contributed by atoms with Gasteiger partial charge in [-0.3, -0.25) is 9.59 Å². The molecule has 0 radical (unpaired) electrons. The molecule has 1 aliphatic rings. The van der Waals surface area contributed by atoms with E-state index in [9.17, 15) is 14.4 Å². The van der Waals surface area contributed by atoms with Crippen LogP contribution in [0.15, 0.2) is 0 Å². The van der Waals surface area contributed by atoms with Crippen molar-refractivity contribution in [3.63, 3.8) is 0 Å². The largest absolute Gasteiger partial charge is 0.480 e. The molecule has 1 saturated carbocycles. The van der Waals surface area contributed by atoms with Gasteiger partial charge in [-0.05, 0) is 25.7 Å². The molecule has 2 unspecified atom stereocenters. The number of amides is 2. The van der Waals surface area contributed by atoms with Gasteiger partial charge in [0.25, 0.3) is 0 Å². The van der Waals surface area contributed by atoms with E-state index >= 15 is 0 Å². The summed E-state index contributed by atoms with van der Waals surface area (Å²) < 4.78 is 0. The topological polar surface area (TPSA) is 86.7 Å². The minimum Gasteiger partial charge on any atom is -0.480 e. The molecule has 108 valence electrons. The maximum Gasteiger partial charge on any atom is 0.326 e. The summed E-state index contributed by atoms with van der Waals surface area (Å²) in [6, 6.07) is -1.50. The molecule has 0 bridgehead atoms. The van der Waals surface area contributed by atoms with Crippen LogP contribution in [0.2, 0.25) is 0 Å². The van der Waals surface area contributed by atoms with E-state index in [1.54, 1.807) is 0 Å². The van der Waals surface area contributed by atoms with E-state index in [0.29, 0.717) is 0 Å². The normalized spacial score (nSPS) is 18.7. The maximum absolute atomic E-state index is 12.4. The number of carbonyl (C=O) groups is 3. The number of hydrogen-bond donors (Lipinski definition) is 2. The third kappa shape index (κ3) is 3.94. The number of nitrogens with zero attached hydrogens (tertiary/aromatic N) is 1. The predicted molar refractivity (Wildman–Crippen MR) is 69.4 cm³/mol. The number of nitrogens with one attached hydrogen (secondary N) is 1. The smallest absolute Gasteiger partial charge is 0.326 e. The monoisotopic (exact) mass is 270 g/mol. The fraction of sp³-hybridized carbons (Fsp3) is 0.769. The van der Waals surface area contributed by atoms with Crippen molar-refractivity contribution < 1.29 is 19.5 Å². The van der Waals surface area contributed by atoms with E-state index in [1.165, 1.54) is 25.8 Å². The van der Waals surface area contributed by atoms with Crippen LogP contribution in [0.5, 0.6) is 0 Å². The van der Waals surface area contributed by atoms with Crippen molar-refractivity contribution in [2.75, 3.05) is 7.05 Å². The van der Waals surface area contributed by atoms with Crippen molar-refractivity contribution >= 4 is 17.8 Å². The molecule has 2 atom stereocenters. The van der Waals surface area contributed by atoms with Gasteiger partial charge in [-0.25, -0.2) is 4.79 Å². The lowest BCUT2D eigenvalue weighted by Crippen LogP contribution is -2.53. The van der Waals surface area contributed by atoms with Gasteiger partial charge in [0.1, 0.15) is 12.1 Å². The highest BCUT2D eigenvalue weighted by molar-refractivity contribution is 5.90. The van der Waals surface area contributed by atoms with Crippen molar-refractivity contribution in [3.05, 3.63) is 0 Å². The molecule has 0 saturated heterocycles. The molecule has 6 heteroatoms. The summed E-state index contributed by atoms with van der Waals surface area (Å²) >= 11 is 0. The molecular formula is C13H22N2O4. The Labute approximate surface area is 113 Å².